The second-order valence-electron chi connectivity index (χ2n) is 5.59. The van der Waals surface area contributed by atoms with Crippen LogP contribution in [0.4, 0.5) is 5.69 Å². The van der Waals surface area contributed by atoms with Crippen molar-refractivity contribution >= 4 is 11.6 Å². The number of nitrogens with two attached hydrogens (primary N) is 1. The first-order valence-corrected chi connectivity index (χ1v) is 7.26. The third-order valence-electron chi connectivity index (χ3n) is 3.76. The minimum atomic E-state index is 0.256. The Balaban J connectivity index is 1.95. The summed E-state index contributed by atoms with van der Waals surface area (Å²) in [5.74, 6) is 0.555. The Kier molecular flexibility index (Phi) is 4.46. The molecule has 0 aliphatic heterocycles. The van der Waals surface area contributed by atoms with Crippen molar-refractivity contribution in [1.82, 2.24) is 4.90 Å². The average molecular weight is 260 g/mol. The summed E-state index contributed by atoms with van der Waals surface area (Å²) in [7, 11) is 0. The topological polar surface area (TPSA) is 46.3 Å². The van der Waals surface area contributed by atoms with Gasteiger partial charge in [-0.1, -0.05) is 26.0 Å². The maximum absolute atomic E-state index is 12.4. The van der Waals surface area contributed by atoms with Gasteiger partial charge < -0.3 is 10.6 Å². The van der Waals surface area contributed by atoms with Crippen molar-refractivity contribution in [3.05, 3.63) is 29.8 Å². The molecule has 2 rings (SSSR count). The van der Waals surface area contributed by atoms with Crippen LogP contribution in [0.25, 0.3) is 0 Å². The molecule has 1 aliphatic carbocycles. The second kappa shape index (κ2) is 6.09. The fourth-order valence-corrected chi connectivity index (χ4v) is 2.46. The van der Waals surface area contributed by atoms with E-state index >= 15 is 0 Å². The smallest absolute Gasteiger partial charge is 0.223 e. The lowest BCUT2D eigenvalue weighted by Crippen LogP contribution is -2.34. The summed E-state index contributed by atoms with van der Waals surface area (Å²) in [4.78, 5) is 14.4. The van der Waals surface area contributed by atoms with Gasteiger partial charge in [-0.3, -0.25) is 4.79 Å². The number of carbonyl (C=O) groups excluding carboxylic acids is 1. The Hall–Kier alpha value is -1.51. The fourth-order valence-electron chi connectivity index (χ4n) is 2.46. The zero-order valence-corrected chi connectivity index (χ0v) is 11.9. The Bertz CT molecular complexity index is 423. The third-order valence-corrected chi connectivity index (χ3v) is 3.76. The first-order valence-electron chi connectivity index (χ1n) is 7.26. The van der Waals surface area contributed by atoms with Crippen molar-refractivity contribution in [2.24, 2.45) is 0 Å². The molecule has 1 aromatic carbocycles. The molecule has 1 amide bonds. The molecular formula is C16H24N2O. The van der Waals surface area contributed by atoms with Crippen LogP contribution in [0.3, 0.4) is 0 Å². The molecule has 0 bridgehead atoms. The highest BCUT2D eigenvalue weighted by Gasteiger charge is 2.32. The monoisotopic (exact) mass is 260 g/mol. The van der Waals surface area contributed by atoms with Crippen LogP contribution >= 0.6 is 0 Å². The van der Waals surface area contributed by atoms with Gasteiger partial charge in [0.1, 0.15) is 0 Å². The number of nitrogen functional groups attached to an aromatic ring is 1. The summed E-state index contributed by atoms with van der Waals surface area (Å²) in [6, 6.07) is 8.37. The zero-order valence-electron chi connectivity index (χ0n) is 11.9. The van der Waals surface area contributed by atoms with Gasteiger partial charge in [0.05, 0.1) is 0 Å². The van der Waals surface area contributed by atoms with Crippen molar-refractivity contribution < 1.29 is 4.79 Å². The second-order valence-corrected chi connectivity index (χ2v) is 5.59. The van der Waals surface area contributed by atoms with Gasteiger partial charge in [0.25, 0.3) is 0 Å². The maximum atomic E-state index is 12.4. The third kappa shape index (κ3) is 3.72. The van der Waals surface area contributed by atoms with E-state index in [-0.39, 0.29) is 5.92 Å². The predicted molar refractivity (Wildman–Crippen MR) is 78.9 cm³/mol. The summed E-state index contributed by atoms with van der Waals surface area (Å²) < 4.78 is 0. The molecule has 0 heterocycles. The Morgan fingerprint density at radius 2 is 2.00 bits per heavy atom. The predicted octanol–water partition coefficient (Wildman–Crippen LogP) is 3.16. The molecule has 0 radical (unpaired) electrons. The van der Waals surface area contributed by atoms with E-state index in [1.807, 2.05) is 24.3 Å². The van der Waals surface area contributed by atoms with E-state index in [0.717, 1.165) is 18.7 Å². The molecule has 1 atom stereocenters. The highest BCUT2D eigenvalue weighted by molar-refractivity contribution is 5.77. The molecule has 0 aromatic heterocycles. The number of carbonyl (C=O) groups is 1. The van der Waals surface area contributed by atoms with Gasteiger partial charge in [0.15, 0.2) is 0 Å². The number of hydrogen-bond donors (Lipinski definition) is 1. The van der Waals surface area contributed by atoms with Gasteiger partial charge in [-0.15, -0.1) is 0 Å². The van der Waals surface area contributed by atoms with Gasteiger partial charge >= 0.3 is 0 Å². The minimum Gasteiger partial charge on any atom is -0.399 e. The molecule has 1 saturated carbocycles. The van der Waals surface area contributed by atoms with E-state index in [1.165, 1.54) is 18.4 Å². The highest BCUT2D eigenvalue weighted by Crippen LogP contribution is 2.29. The highest BCUT2D eigenvalue weighted by atomic mass is 16.2. The van der Waals surface area contributed by atoms with Gasteiger partial charge in [0.2, 0.25) is 5.91 Å². The Morgan fingerprint density at radius 1 is 1.37 bits per heavy atom. The molecule has 2 N–H and O–H groups in total. The van der Waals surface area contributed by atoms with Crippen LogP contribution in [0.1, 0.15) is 51.0 Å². The standard InChI is InChI=1S/C16H24N2O/c1-3-10-18(15-8-9-15)16(19)11-12(2)13-4-6-14(17)7-5-13/h4-7,12,15H,3,8-11,17H2,1-2H3. The summed E-state index contributed by atoms with van der Waals surface area (Å²) in [6.45, 7) is 5.14. The van der Waals surface area contributed by atoms with E-state index in [1.54, 1.807) is 0 Å². The van der Waals surface area contributed by atoms with Crippen molar-refractivity contribution in [1.29, 1.82) is 0 Å². The largest absolute Gasteiger partial charge is 0.399 e. The van der Waals surface area contributed by atoms with Gasteiger partial charge in [-0.05, 0) is 42.9 Å². The molecule has 104 valence electrons. The van der Waals surface area contributed by atoms with E-state index in [0.29, 0.717) is 18.4 Å². The molecule has 1 aromatic rings. The molecule has 1 fully saturated rings. The van der Waals surface area contributed by atoms with Crippen molar-refractivity contribution in [2.45, 2.75) is 51.5 Å². The average Bonchev–Trinajstić information content (AvgIpc) is 3.20. The summed E-state index contributed by atoms with van der Waals surface area (Å²) in [5.41, 5.74) is 7.65. The van der Waals surface area contributed by atoms with E-state index in [2.05, 4.69) is 18.7 Å². The number of nitrogens with zero attached hydrogens (tertiary/aromatic N) is 1. The number of rotatable bonds is 6. The molecule has 1 aliphatic rings. The molecule has 1 unspecified atom stereocenters. The van der Waals surface area contributed by atoms with E-state index < -0.39 is 0 Å². The normalized spacial score (nSPS) is 16.1. The lowest BCUT2D eigenvalue weighted by molar-refractivity contribution is -0.132. The first kappa shape index (κ1) is 13.9. The number of anilines is 1. The van der Waals surface area contributed by atoms with Crippen molar-refractivity contribution in [2.75, 3.05) is 12.3 Å². The quantitative estimate of drug-likeness (QED) is 0.799. The zero-order chi connectivity index (χ0) is 13.8. The van der Waals surface area contributed by atoms with Crippen LogP contribution in [-0.2, 0) is 4.79 Å². The lowest BCUT2D eigenvalue weighted by Gasteiger charge is -2.23. The SMILES string of the molecule is CCCN(C(=O)CC(C)c1ccc(N)cc1)C1CC1. The van der Waals surface area contributed by atoms with Crippen LogP contribution in [0.2, 0.25) is 0 Å². The van der Waals surface area contributed by atoms with Gasteiger partial charge in [-0.2, -0.15) is 0 Å². The summed E-state index contributed by atoms with van der Waals surface area (Å²) >= 11 is 0. The van der Waals surface area contributed by atoms with Crippen LogP contribution in [0.5, 0.6) is 0 Å². The van der Waals surface area contributed by atoms with Crippen molar-refractivity contribution in [3.8, 4) is 0 Å². The molecular weight excluding hydrogens is 236 g/mol. The van der Waals surface area contributed by atoms with Gasteiger partial charge in [0, 0.05) is 24.7 Å². The van der Waals surface area contributed by atoms with Crippen molar-refractivity contribution in [3.63, 3.8) is 0 Å². The molecule has 19 heavy (non-hydrogen) atoms. The first-order chi connectivity index (χ1) is 9.11. The number of hydrogen-bond acceptors (Lipinski definition) is 2. The minimum absolute atomic E-state index is 0.256. The molecule has 0 saturated heterocycles. The number of benzene rings is 1. The molecule has 3 heteroatoms. The Labute approximate surface area is 115 Å². The summed E-state index contributed by atoms with van der Waals surface area (Å²) in [5, 5.41) is 0. The van der Waals surface area contributed by atoms with Crippen LogP contribution < -0.4 is 5.73 Å². The van der Waals surface area contributed by atoms with E-state index in [4.69, 9.17) is 5.73 Å². The Morgan fingerprint density at radius 3 is 2.53 bits per heavy atom. The van der Waals surface area contributed by atoms with Crippen LogP contribution in [0.15, 0.2) is 24.3 Å². The lowest BCUT2D eigenvalue weighted by atomic mass is 9.97. The van der Waals surface area contributed by atoms with Crippen LogP contribution in [-0.4, -0.2) is 23.4 Å². The maximum Gasteiger partial charge on any atom is 0.223 e. The number of amides is 1. The molecule has 3 nitrogen and oxygen atoms in total. The molecule has 0 spiro atoms. The van der Waals surface area contributed by atoms with E-state index in [9.17, 15) is 4.79 Å². The van der Waals surface area contributed by atoms with Gasteiger partial charge in [-0.25, -0.2) is 0 Å². The fraction of sp³-hybridized carbons (Fsp3) is 0.562. The van der Waals surface area contributed by atoms with Crippen LogP contribution in [0, 0.1) is 0 Å². The summed E-state index contributed by atoms with van der Waals surface area (Å²) in [6.07, 6.45) is 4.00.